The van der Waals surface area contributed by atoms with Gasteiger partial charge in [0.1, 0.15) is 6.04 Å². The van der Waals surface area contributed by atoms with Crippen molar-refractivity contribution in [2.24, 2.45) is 0 Å². The molecule has 94 valence electrons. The Labute approximate surface area is 99.6 Å². The third-order valence-corrected chi connectivity index (χ3v) is 2.80. The van der Waals surface area contributed by atoms with Crippen LogP contribution in [0.1, 0.15) is 35.1 Å². The number of hydrogen-bond acceptors (Lipinski definition) is 3. The van der Waals surface area contributed by atoms with Crippen LogP contribution in [0.15, 0.2) is 0 Å². The number of amides is 1. The minimum absolute atomic E-state index is 0.317. The van der Waals surface area contributed by atoms with Gasteiger partial charge in [0.15, 0.2) is 0 Å². The zero-order valence-corrected chi connectivity index (χ0v) is 10.4. The van der Waals surface area contributed by atoms with Crippen molar-refractivity contribution in [3.05, 3.63) is 17.0 Å². The number of aryl methyl sites for hydroxylation is 2. The molecule has 6 nitrogen and oxygen atoms in total. The number of nitrogens with zero attached hydrogens (tertiary/aromatic N) is 2. The summed E-state index contributed by atoms with van der Waals surface area (Å²) in [4.78, 5) is 24.4. The van der Waals surface area contributed by atoms with Crippen molar-refractivity contribution in [1.82, 2.24) is 15.1 Å². The maximum Gasteiger partial charge on any atom is 0.326 e. The molecule has 0 saturated carbocycles. The highest BCUT2D eigenvalue weighted by atomic mass is 16.4. The molecule has 0 spiro atoms. The fourth-order valence-electron chi connectivity index (χ4n) is 1.80. The summed E-state index contributed by atoms with van der Waals surface area (Å²) in [6.45, 7) is 5.19. The number of H-pyrrole nitrogens is 1. The van der Waals surface area contributed by atoms with E-state index in [1.165, 1.54) is 11.9 Å². The van der Waals surface area contributed by atoms with Gasteiger partial charge in [0.2, 0.25) is 0 Å². The van der Waals surface area contributed by atoms with Crippen molar-refractivity contribution >= 4 is 11.9 Å². The molecule has 0 saturated heterocycles. The Morgan fingerprint density at radius 2 is 2.06 bits per heavy atom. The SMILES string of the molecule is CCC(C(=O)O)N(C)C(=O)c1c(C)n[nH]c1C. The number of hydrogen-bond donors (Lipinski definition) is 2. The number of aliphatic carboxylic acids is 1. The number of carboxylic acid groups (broad SMARTS) is 1. The number of aromatic amines is 1. The summed E-state index contributed by atoms with van der Waals surface area (Å²) in [5.74, 6) is -1.31. The van der Waals surface area contributed by atoms with Gasteiger partial charge in [-0.3, -0.25) is 9.89 Å². The molecule has 0 aliphatic heterocycles. The van der Waals surface area contributed by atoms with E-state index in [4.69, 9.17) is 5.11 Å². The highest BCUT2D eigenvalue weighted by Crippen LogP contribution is 2.14. The van der Waals surface area contributed by atoms with Gasteiger partial charge in [-0.25, -0.2) is 4.79 Å². The Morgan fingerprint density at radius 1 is 1.47 bits per heavy atom. The van der Waals surface area contributed by atoms with E-state index in [0.717, 1.165) is 0 Å². The Morgan fingerprint density at radius 3 is 2.41 bits per heavy atom. The fourth-order valence-corrected chi connectivity index (χ4v) is 1.80. The average molecular weight is 239 g/mol. The highest BCUT2D eigenvalue weighted by molar-refractivity contribution is 5.98. The zero-order chi connectivity index (χ0) is 13.2. The van der Waals surface area contributed by atoms with Gasteiger partial charge in [-0.1, -0.05) is 6.92 Å². The standard InChI is InChI=1S/C11H17N3O3/c1-5-8(11(16)17)14(4)10(15)9-6(2)12-13-7(9)3/h8H,5H2,1-4H3,(H,12,13)(H,16,17). The number of aromatic nitrogens is 2. The molecule has 1 rings (SSSR count). The van der Waals surface area contributed by atoms with Gasteiger partial charge < -0.3 is 10.0 Å². The lowest BCUT2D eigenvalue weighted by Gasteiger charge is -2.23. The molecule has 6 heteroatoms. The van der Waals surface area contributed by atoms with E-state index < -0.39 is 12.0 Å². The minimum Gasteiger partial charge on any atom is -0.480 e. The molecule has 17 heavy (non-hydrogen) atoms. The third kappa shape index (κ3) is 2.46. The number of carbonyl (C=O) groups is 2. The van der Waals surface area contributed by atoms with Crippen molar-refractivity contribution in [3.63, 3.8) is 0 Å². The monoisotopic (exact) mass is 239 g/mol. The second-order valence-electron chi connectivity index (χ2n) is 3.99. The lowest BCUT2D eigenvalue weighted by molar-refractivity contribution is -0.142. The number of rotatable bonds is 4. The Hall–Kier alpha value is -1.85. The molecule has 1 aromatic heterocycles. The molecule has 0 aromatic carbocycles. The van der Waals surface area contributed by atoms with E-state index >= 15 is 0 Å². The van der Waals surface area contributed by atoms with Crippen molar-refractivity contribution < 1.29 is 14.7 Å². The summed E-state index contributed by atoms with van der Waals surface area (Å²) >= 11 is 0. The smallest absolute Gasteiger partial charge is 0.326 e. The van der Waals surface area contributed by atoms with E-state index in [1.807, 2.05) is 0 Å². The quantitative estimate of drug-likeness (QED) is 0.819. The van der Waals surface area contributed by atoms with Crippen LogP contribution >= 0.6 is 0 Å². The fraction of sp³-hybridized carbons (Fsp3) is 0.545. The van der Waals surface area contributed by atoms with Crippen LogP contribution in [0.25, 0.3) is 0 Å². The molecule has 0 aliphatic rings. The summed E-state index contributed by atoms with van der Waals surface area (Å²) in [5.41, 5.74) is 1.69. The van der Waals surface area contributed by atoms with Gasteiger partial charge in [0.05, 0.1) is 11.3 Å². The van der Waals surface area contributed by atoms with Crippen LogP contribution in [0.2, 0.25) is 0 Å². The minimum atomic E-state index is -0.998. The maximum absolute atomic E-state index is 12.2. The number of nitrogens with one attached hydrogen (secondary N) is 1. The van der Waals surface area contributed by atoms with Crippen molar-refractivity contribution in [2.45, 2.75) is 33.2 Å². The van der Waals surface area contributed by atoms with Crippen LogP contribution in [-0.4, -0.2) is 45.2 Å². The summed E-state index contributed by atoms with van der Waals surface area (Å²) in [6, 6.07) is -0.809. The molecule has 1 atom stereocenters. The molecular formula is C11H17N3O3. The van der Waals surface area contributed by atoms with Gasteiger partial charge in [-0.05, 0) is 20.3 Å². The van der Waals surface area contributed by atoms with Crippen LogP contribution in [-0.2, 0) is 4.79 Å². The van der Waals surface area contributed by atoms with Gasteiger partial charge >= 0.3 is 5.97 Å². The molecule has 1 aromatic rings. The van der Waals surface area contributed by atoms with Gasteiger partial charge in [-0.2, -0.15) is 5.10 Å². The van der Waals surface area contributed by atoms with Crippen LogP contribution in [0.4, 0.5) is 0 Å². The molecule has 1 unspecified atom stereocenters. The summed E-state index contributed by atoms with van der Waals surface area (Å²) in [6.07, 6.45) is 0.369. The third-order valence-electron chi connectivity index (χ3n) is 2.80. The molecular weight excluding hydrogens is 222 g/mol. The molecule has 0 bridgehead atoms. The second kappa shape index (κ2) is 4.99. The van der Waals surface area contributed by atoms with Crippen LogP contribution in [0.5, 0.6) is 0 Å². The van der Waals surface area contributed by atoms with E-state index in [2.05, 4.69) is 10.2 Å². The largest absolute Gasteiger partial charge is 0.480 e. The molecule has 1 heterocycles. The van der Waals surface area contributed by atoms with Crippen molar-refractivity contribution in [2.75, 3.05) is 7.05 Å². The first-order chi connectivity index (χ1) is 7.90. The van der Waals surface area contributed by atoms with E-state index in [9.17, 15) is 9.59 Å². The molecule has 0 aliphatic carbocycles. The Kier molecular flexibility index (Phi) is 3.88. The van der Waals surface area contributed by atoms with E-state index in [0.29, 0.717) is 23.4 Å². The number of carboxylic acids is 1. The topological polar surface area (TPSA) is 86.3 Å². The van der Waals surface area contributed by atoms with Crippen molar-refractivity contribution in [3.8, 4) is 0 Å². The Balaban J connectivity index is 3.01. The lowest BCUT2D eigenvalue weighted by Crippen LogP contribution is -2.42. The number of likely N-dealkylation sites (N-methyl/N-ethyl adjacent to an activating group) is 1. The molecule has 0 radical (unpaired) electrons. The molecule has 1 amide bonds. The highest BCUT2D eigenvalue weighted by Gasteiger charge is 2.28. The first-order valence-electron chi connectivity index (χ1n) is 5.41. The van der Waals surface area contributed by atoms with Gasteiger partial charge in [0.25, 0.3) is 5.91 Å². The first-order valence-corrected chi connectivity index (χ1v) is 5.41. The van der Waals surface area contributed by atoms with Crippen molar-refractivity contribution in [1.29, 1.82) is 0 Å². The number of carbonyl (C=O) groups excluding carboxylic acids is 1. The first kappa shape index (κ1) is 13.2. The average Bonchev–Trinajstić information content (AvgIpc) is 2.58. The van der Waals surface area contributed by atoms with Crippen LogP contribution in [0, 0.1) is 13.8 Å². The van der Waals surface area contributed by atoms with Gasteiger partial charge in [0, 0.05) is 12.7 Å². The predicted molar refractivity (Wildman–Crippen MR) is 61.9 cm³/mol. The van der Waals surface area contributed by atoms with Crippen LogP contribution < -0.4 is 0 Å². The van der Waals surface area contributed by atoms with Crippen LogP contribution in [0.3, 0.4) is 0 Å². The zero-order valence-electron chi connectivity index (χ0n) is 10.4. The molecule has 0 fully saturated rings. The van der Waals surface area contributed by atoms with E-state index in [-0.39, 0.29) is 5.91 Å². The van der Waals surface area contributed by atoms with E-state index in [1.54, 1.807) is 20.8 Å². The predicted octanol–water partition coefficient (Wildman–Crippen LogP) is 0.962. The second-order valence-corrected chi connectivity index (χ2v) is 3.99. The lowest BCUT2D eigenvalue weighted by atomic mass is 10.1. The maximum atomic E-state index is 12.2. The van der Waals surface area contributed by atoms with Gasteiger partial charge in [-0.15, -0.1) is 0 Å². The summed E-state index contributed by atoms with van der Waals surface area (Å²) < 4.78 is 0. The summed E-state index contributed by atoms with van der Waals surface area (Å²) in [5, 5.41) is 15.7. The molecule has 2 N–H and O–H groups in total. The Bertz CT molecular complexity index is 420. The summed E-state index contributed by atoms with van der Waals surface area (Å²) in [7, 11) is 1.50. The normalized spacial score (nSPS) is 12.2.